The van der Waals surface area contributed by atoms with Crippen molar-refractivity contribution in [3.05, 3.63) is 11.6 Å². The molecular formula is C7H12N2O. The Hall–Kier alpha value is -1.12. The van der Waals surface area contributed by atoms with E-state index in [1.54, 1.807) is 24.2 Å². The normalized spacial score (nSPS) is 12.1. The van der Waals surface area contributed by atoms with Crippen LogP contribution in [0.5, 0.6) is 0 Å². The average molecular weight is 140 g/mol. The smallest absolute Gasteiger partial charge is 0.145 e. The van der Waals surface area contributed by atoms with E-state index in [1.165, 1.54) is 0 Å². The number of carbonyl (C=O) groups excluding carboxylic acids is 1. The van der Waals surface area contributed by atoms with Gasteiger partial charge in [-0.15, -0.1) is 0 Å². The van der Waals surface area contributed by atoms with E-state index in [9.17, 15) is 4.79 Å². The molecule has 0 amide bonds. The van der Waals surface area contributed by atoms with E-state index in [2.05, 4.69) is 5.10 Å². The second-order valence-corrected chi connectivity index (χ2v) is 2.14. The summed E-state index contributed by atoms with van der Waals surface area (Å²) in [5.74, 6) is 0. The second kappa shape index (κ2) is 4.73. The van der Waals surface area contributed by atoms with Crippen LogP contribution >= 0.6 is 0 Å². The molecule has 10 heavy (non-hydrogen) atoms. The molecule has 0 radical (unpaired) electrons. The standard InChI is InChI=1S/C7H12N2O/c1-7(6-10)4-5-8-9(2)3/h4-6H,1-3H3/b7-4-,8-5-. The minimum Gasteiger partial charge on any atom is -0.303 e. The molecule has 0 bridgehead atoms. The Balaban J connectivity index is 3.81. The Labute approximate surface area is 61.0 Å². The van der Waals surface area contributed by atoms with Gasteiger partial charge in [0.1, 0.15) is 6.29 Å². The van der Waals surface area contributed by atoms with Gasteiger partial charge in [-0.2, -0.15) is 5.10 Å². The molecule has 0 saturated heterocycles. The lowest BCUT2D eigenvalue weighted by Gasteiger charge is -1.99. The summed E-state index contributed by atoms with van der Waals surface area (Å²) >= 11 is 0. The lowest BCUT2D eigenvalue weighted by Crippen LogP contribution is -2.00. The molecule has 0 aromatic heterocycles. The number of aldehydes is 1. The van der Waals surface area contributed by atoms with Crippen LogP contribution in [0, 0.1) is 0 Å². The number of carbonyl (C=O) groups is 1. The Morgan fingerprint density at radius 1 is 1.50 bits per heavy atom. The Morgan fingerprint density at radius 2 is 2.10 bits per heavy atom. The topological polar surface area (TPSA) is 32.7 Å². The van der Waals surface area contributed by atoms with E-state index in [0.29, 0.717) is 5.57 Å². The van der Waals surface area contributed by atoms with E-state index in [4.69, 9.17) is 0 Å². The molecule has 3 heteroatoms. The molecule has 0 aliphatic heterocycles. The quantitative estimate of drug-likeness (QED) is 0.250. The Kier molecular flexibility index (Phi) is 4.20. The van der Waals surface area contributed by atoms with E-state index in [-0.39, 0.29) is 0 Å². The summed E-state index contributed by atoms with van der Waals surface area (Å²) in [5.41, 5.74) is 0.672. The number of rotatable bonds is 3. The minimum absolute atomic E-state index is 0.672. The SMILES string of the molecule is C/C(C=O)=C/C=N\N(C)C. The van der Waals surface area contributed by atoms with Crippen LogP contribution in [-0.4, -0.2) is 31.6 Å². The summed E-state index contributed by atoms with van der Waals surface area (Å²) in [4.78, 5) is 10.0. The molecule has 0 unspecified atom stereocenters. The molecule has 0 saturated carbocycles. The van der Waals surface area contributed by atoms with E-state index >= 15 is 0 Å². The monoisotopic (exact) mass is 140 g/mol. The van der Waals surface area contributed by atoms with Gasteiger partial charge < -0.3 is 5.01 Å². The van der Waals surface area contributed by atoms with Crippen LogP contribution in [0.2, 0.25) is 0 Å². The molecule has 0 fully saturated rings. The molecule has 3 nitrogen and oxygen atoms in total. The van der Waals surface area contributed by atoms with Gasteiger partial charge >= 0.3 is 0 Å². The largest absolute Gasteiger partial charge is 0.303 e. The van der Waals surface area contributed by atoms with Crippen LogP contribution < -0.4 is 0 Å². The third kappa shape index (κ3) is 5.03. The van der Waals surface area contributed by atoms with E-state index < -0.39 is 0 Å². The van der Waals surface area contributed by atoms with Crippen molar-refractivity contribution in [3.8, 4) is 0 Å². The molecule has 0 rings (SSSR count). The van der Waals surface area contributed by atoms with Crippen molar-refractivity contribution in [2.24, 2.45) is 5.10 Å². The third-order valence-electron chi connectivity index (χ3n) is 0.821. The molecule has 0 atom stereocenters. The molecule has 0 spiro atoms. The number of allylic oxidation sites excluding steroid dienone is 2. The first kappa shape index (κ1) is 8.88. The highest BCUT2D eigenvalue weighted by molar-refractivity contribution is 5.83. The molecular weight excluding hydrogens is 128 g/mol. The maximum Gasteiger partial charge on any atom is 0.145 e. The van der Waals surface area contributed by atoms with Gasteiger partial charge in [-0.05, 0) is 18.6 Å². The summed E-state index contributed by atoms with van der Waals surface area (Å²) in [6, 6.07) is 0. The van der Waals surface area contributed by atoms with Crippen molar-refractivity contribution in [1.29, 1.82) is 0 Å². The zero-order valence-corrected chi connectivity index (χ0v) is 6.53. The molecule has 0 aliphatic rings. The maximum atomic E-state index is 10.0. The lowest BCUT2D eigenvalue weighted by molar-refractivity contribution is -0.104. The van der Waals surface area contributed by atoms with Gasteiger partial charge in [-0.3, -0.25) is 4.79 Å². The fraction of sp³-hybridized carbons (Fsp3) is 0.429. The van der Waals surface area contributed by atoms with E-state index in [0.717, 1.165) is 6.29 Å². The molecule has 0 heterocycles. The Morgan fingerprint density at radius 3 is 2.50 bits per heavy atom. The molecule has 0 aliphatic carbocycles. The van der Waals surface area contributed by atoms with Crippen LogP contribution in [0.15, 0.2) is 16.8 Å². The van der Waals surface area contributed by atoms with Crippen LogP contribution in [-0.2, 0) is 4.79 Å². The van der Waals surface area contributed by atoms with Gasteiger partial charge in [-0.1, -0.05) is 0 Å². The predicted molar refractivity (Wildman–Crippen MR) is 42.0 cm³/mol. The second-order valence-electron chi connectivity index (χ2n) is 2.14. The van der Waals surface area contributed by atoms with Crippen LogP contribution in [0.1, 0.15) is 6.92 Å². The van der Waals surface area contributed by atoms with Gasteiger partial charge in [0.25, 0.3) is 0 Å². The van der Waals surface area contributed by atoms with Gasteiger partial charge in [0.2, 0.25) is 0 Å². The summed E-state index contributed by atoms with van der Waals surface area (Å²) < 4.78 is 0. The van der Waals surface area contributed by atoms with Gasteiger partial charge in [0.05, 0.1) is 0 Å². The highest BCUT2D eigenvalue weighted by Gasteiger charge is 1.78. The van der Waals surface area contributed by atoms with Crippen molar-refractivity contribution in [3.63, 3.8) is 0 Å². The average Bonchev–Trinajstić information content (AvgIpc) is 1.87. The first-order valence-corrected chi connectivity index (χ1v) is 3.00. The van der Waals surface area contributed by atoms with Crippen molar-refractivity contribution < 1.29 is 4.79 Å². The van der Waals surface area contributed by atoms with Crippen molar-refractivity contribution in [1.82, 2.24) is 5.01 Å². The maximum absolute atomic E-state index is 10.0. The minimum atomic E-state index is 0.672. The number of hydrogen-bond acceptors (Lipinski definition) is 3. The highest BCUT2D eigenvalue weighted by atomic mass is 16.1. The van der Waals surface area contributed by atoms with Crippen LogP contribution in [0.4, 0.5) is 0 Å². The molecule has 0 aromatic carbocycles. The van der Waals surface area contributed by atoms with Crippen molar-refractivity contribution in [2.75, 3.05) is 14.1 Å². The van der Waals surface area contributed by atoms with Gasteiger partial charge in [0, 0.05) is 20.3 Å². The summed E-state index contributed by atoms with van der Waals surface area (Å²) in [7, 11) is 3.64. The zero-order valence-electron chi connectivity index (χ0n) is 6.53. The third-order valence-corrected chi connectivity index (χ3v) is 0.821. The lowest BCUT2D eigenvalue weighted by atomic mass is 10.3. The fourth-order valence-corrected chi connectivity index (χ4v) is 0.324. The Bertz CT molecular complexity index is 159. The number of nitrogens with zero attached hydrogens (tertiary/aromatic N) is 2. The summed E-state index contributed by atoms with van der Waals surface area (Å²) in [6.07, 6.45) is 4.04. The van der Waals surface area contributed by atoms with Crippen molar-refractivity contribution >= 4 is 12.5 Å². The predicted octanol–water partition coefficient (Wildman–Crippen LogP) is 0.679. The highest BCUT2D eigenvalue weighted by Crippen LogP contribution is 1.82. The number of hydrogen-bond donors (Lipinski definition) is 0. The summed E-state index contributed by atoms with van der Waals surface area (Å²) in [5, 5.41) is 5.55. The van der Waals surface area contributed by atoms with Crippen LogP contribution in [0.25, 0.3) is 0 Å². The molecule has 0 aromatic rings. The zero-order chi connectivity index (χ0) is 7.98. The van der Waals surface area contributed by atoms with Crippen molar-refractivity contribution in [2.45, 2.75) is 6.92 Å². The first-order chi connectivity index (χ1) is 4.66. The fourth-order valence-electron chi connectivity index (χ4n) is 0.324. The number of hydrazone groups is 1. The first-order valence-electron chi connectivity index (χ1n) is 3.00. The van der Waals surface area contributed by atoms with Gasteiger partial charge in [-0.25, -0.2) is 0 Å². The molecule has 0 N–H and O–H groups in total. The van der Waals surface area contributed by atoms with E-state index in [1.807, 2.05) is 14.1 Å². The van der Waals surface area contributed by atoms with Crippen LogP contribution in [0.3, 0.4) is 0 Å². The molecule has 56 valence electrons. The van der Waals surface area contributed by atoms with Gasteiger partial charge in [0.15, 0.2) is 0 Å². The summed E-state index contributed by atoms with van der Waals surface area (Å²) in [6.45, 7) is 1.73.